The molecule has 1 aliphatic rings. The molecule has 1 amide bonds. The van der Waals surface area contributed by atoms with Crippen LogP contribution in [0.4, 0.5) is 0 Å². The number of ether oxygens (including phenoxy) is 1. The summed E-state index contributed by atoms with van der Waals surface area (Å²) in [6, 6.07) is 12.5. The molecule has 7 nitrogen and oxygen atoms in total. The number of hydrogen-bond donors (Lipinski definition) is 2. The Morgan fingerprint density at radius 2 is 2.04 bits per heavy atom. The smallest absolute Gasteiger partial charge is 0.271 e. The lowest BCUT2D eigenvalue weighted by molar-refractivity contribution is -0.000597. The largest absolute Gasteiger partial charge is 0.507 e. The fourth-order valence-electron chi connectivity index (χ4n) is 3.35. The summed E-state index contributed by atoms with van der Waals surface area (Å²) in [6.07, 6.45) is 5.29. The highest BCUT2D eigenvalue weighted by Gasteiger charge is 2.25. The van der Waals surface area contributed by atoms with Gasteiger partial charge in [-0.15, -0.1) is 0 Å². The van der Waals surface area contributed by atoms with Crippen LogP contribution in [0.15, 0.2) is 54.9 Å². The van der Waals surface area contributed by atoms with Crippen molar-refractivity contribution in [2.75, 3.05) is 13.1 Å². The number of carbonyl (C=O) groups is 1. The number of aromatic hydroxyl groups is 1. The van der Waals surface area contributed by atoms with Crippen molar-refractivity contribution in [2.24, 2.45) is 0 Å². The van der Waals surface area contributed by atoms with Crippen molar-refractivity contribution in [3.63, 3.8) is 0 Å². The van der Waals surface area contributed by atoms with Crippen molar-refractivity contribution in [3.05, 3.63) is 66.1 Å². The Morgan fingerprint density at radius 1 is 1.21 bits per heavy atom. The second-order valence-electron chi connectivity index (χ2n) is 6.85. The lowest BCUT2D eigenvalue weighted by Gasteiger charge is -2.31. The van der Waals surface area contributed by atoms with Crippen LogP contribution >= 0.6 is 0 Å². The van der Waals surface area contributed by atoms with Crippen LogP contribution in [0, 0.1) is 0 Å². The summed E-state index contributed by atoms with van der Waals surface area (Å²) in [5.41, 5.74) is 2.62. The van der Waals surface area contributed by atoms with E-state index in [0.29, 0.717) is 36.6 Å². The van der Waals surface area contributed by atoms with Crippen molar-refractivity contribution >= 4 is 5.91 Å². The first-order valence-electron chi connectivity index (χ1n) is 9.34. The molecule has 0 aliphatic carbocycles. The molecule has 144 valence electrons. The number of H-pyrrole nitrogens is 1. The number of nitrogens with one attached hydrogen (secondary N) is 1. The number of benzene rings is 1. The van der Waals surface area contributed by atoms with E-state index in [9.17, 15) is 9.90 Å². The van der Waals surface area contributed by atoms with Crippen molar-refractivity contribution in [3.8, 4) is 17.0 Å². The van der Waals surface area contributed by atoms with Crippen LogP contribution in [-0.2, 0) is 11.3 Å². The number of aromatic nitrogens is 3. The maximum Gasteiger partial charge on any atom is 0.271 e. The first-order chi connectivity index (χ1) is 13.7. The topological polar surface area (TPSA) is 91.3 Å². The van der Waals surface area contributed by atoms with E-state index in [4.69, 9.17) is 4.74 Å². The van der Waals surface area contributed by atoms with Crippen molar-refractivity contribution in [1.82, 2.24) is 20.1 Å². The number of hydrogen-bond acceptors (Lipinski definition) is 5. The molecule has 2 N–H and O–H groups in total. The summed E-state index contributed by atoms with van der Waals surface area (Å²) in [5, 5.41) is 16.9. The summed E-state index contributed by atoms with van der Waals surface area (Å²) < 4.78 is 5.95. The molecule has 0 saturated carbocycles. The minimum Gasteiger partial charge on any atom is -0.507 e. The maximum absolute atomic E-state index is 12.8. The lowest BCUT2D eigenvalue weighted by atomic mass is 10.1. The number of amides is 1. The number of para-hydroxylation sites is 1. The Labute approximate surface area is 163 Å². The third-order valence-corrected chi connectivity index (χ3v) is 4.93. The predicted molar refractivity (Wildman–Crippen MR) is 104 cm³/mol. The zero-order valence-electron chi connectivity index (χ0n) is 15.4. The molecule has 3 heterocycles. The van der Waals surface area contributed by atoms with Gasteiger partial charge in [0.1, 0.15) is 11.4 Å². The molecule has 7 heteroatoms. The quantitative estimate of drug-likeness (QED) is 0.712. The fraction of sp³-hybridized carbons (Fsp3) is 0.286. The second kappa shape index (κ2) is 8.22. The third-order valence-electron chi connectivity index (χ3n) is 4.93. The monoisotopic (exact) mass is 378 g/mol. The number of rotatable bonds is 5. The van der Waals surface area contributed by atoms with Crippen LogP contribution in [0.2, 0.25) is 0 Å². The van der Waals surface area contributed by atoms with Crippen LogP contribution in [-0.4, -0.2) is 50.3 Å². The Hall–Kier alpha value is -3.19. The van der Waals surface area contributed by atoms with E-state index < -0.39 is 0 Å². The van der Waals surface area contributed by atoms with Gasteiger partial charge in [0.25, 0.3) is 5.91 Å². The average Bonchev–Trinajstić information content (AvgIpc) is 3.23. The van der Waals surface area contributed by atoms with Gasteiger partial charge in [0.15, 0.2) is 0 Å². The van der Waals surface area contributed by atoms with Gasteiger partial charge in [0, 0.05) is 31.0 Å². The number of phenolic OH excluding ortho intramolecular Hbond substituents is 1. The maximum atomic E-state index is 12.8. The molecule has 0 spiro atoms. The molecule has 0 radical (unpaired) electrons. The number of phenols is 1. The molecule has 0 bridgehead atoms. The molecule has 3 aromatic rings. The first kappa shape index (κ1) is 18.2. The van der Waals surface area contributed by atoms with E-state index in [1.54, 1.807) is 36.7 Å². The highest BCUT2D eigenvalue weighted by Crippen LogP contribution is 2.27. The molecule has 1 aliphatic heterocycles. The number of nitrogens with zero attached hydrogens (tertiary/aromatic N) is 3. The Kier molecular flexibility index (Phi) is 5.34. The summed E-state index contributed by atoms with van der Waals surface area (Å²) in [4.78, 5) is 18.7. The molecule has 2 aromatic heterocycles. The van der Waals surface area contributed by atoms with Crippen LogP contribution in [0.1, 0.15) is 28.9 Å². The van der Waals surface area contributed by atoms with Crippen LogP contribution in [0.3, 0.4) is 0 Å². The van der Waals surface area contributed by atoms with Gasteiger partial charge in [-0.1, -0.05) is 18.2 Å². The zero-order valence-corrected chi connectivity index (χ0v) is 15.4. The van der Waals surface area contributed by atoms with Crippen molar-refractivity contribution in [2.45, 2.75) is 25.6 Å². The van der Waals surface area contributed by atoms with Gasteiger partial charge in [0.05, 0.1) is 18.4 Å². The summed E-state index contributed by atoms with van der Waals surface area (Å²) >= 11 is 0. The van der Waals surface area contributed by atoms with Gasteiger partial charge in [0.2, 0.25) is 0 Å². The average molecular weight is 378 g/mol. The van der Waals surface area contributed by atoms with Crippen LogP contribution < -0.4 is 0 Å². The Bertz CT molecular complexity index is 934. The highest BCUT2D eigenvalue weighted by molar-refractivity contribution is 5.93. The van der Waals surface area contributed by atoms with E-state index in [0.717, 1.165) is 18.4 Å². The van der Waals surface area contributed by atoms with Crippen molar-refractivity contribution < 1.29 is 14.6 Å². The van der Waals surface area contributed by atoms with Gasteiger partial charge < -0.3 is 14.7 Å². The van der Waals surface area contributed by atoms with Gasteiger partial charge in [-0.25, -0.2) is 0 Å². The van der Waals surface area contributed by atoms with Crippen molar-refractivity contribution in [1.29, 1.82) is 0 Å². The molecule has 4 rings (SSSR count). The van der Waals surface area contributed by atoms with E-state index in [1.165, 1.54) is 0 Å². The van der Waals surface area contributed by atoms with Gasteiger partial charge >= 0.3 is 0 Å². The van der Waals surface area contributed by atoms with E-state index in [2.05, 4.69) is 15.2 Å². The van der Waals surface area contributed by atoms with Crippen LogP contribution in [0.5, 0.6) is 5.75 Å². The number of likely N-dealkylation sites (tertiary alicyclic amines) is 1. The second-order valence-corrected chi connectivity index (χ2v) is 6.85. The minimum atomic E-state index is -0.0834. The molecule has 1 aromatic carbocycles. The molecule has 1 fully saturated rings. The predicted octanol–water partition coefficient (Wildman–Crippen LogP) is 3.00. The normalized spacial score (nSPS) is 14.9. The fourth-order valence-corrected chi connectivity index (χ4v) is 3.35. The molecular formula is C21H22N4O3. The zero-order chi connectivity index (χ0) is 19.3. The van der Waals surface area contributed by atoms with E-state index in [-0.39, 0.29) is 17.8 Å². The summed E-state index contributed by atoms with van der Waals surface area (Å²) in [7, 11) is 0. The summed E-state index contributed by atoms with van der Waals surface area (Å²) in [6.45, 7) is 1.82. The van der Waals surface area contributed by atoms with Gasteiger partial charge in [-0.05, 0) is 42.7 Å². The Morgan fingerprint density at radius 3 is 2.79 bits per heavy atom. The Balaban J connectivity index is 1.32. The minimum absolute atomic E-state index is 0.0834. The highest BCUT2D eigenvalue weighted by atomic mass is 16.5. The third kappa shape index (κ3) is 4.04. The number of aromatic amines is 1. The van der Waals surface area contributed by atoms with Gasteiger partial charge in [-0.3, -0.25) is 14.9 Å². The number of carbonyl (C=O) groups excluding carboxylic acids is 1. The summed E-state index contributed by atoms with van der Waals surface area (Å²) in [5.74, 6) is 0.0551. The molecule has 0 unspecified atom stereocenters. The number of pyridine rings is 1. The lowest BCUT2D eigenvalue weighted by Crippen LogP contribution is -2.41. The van der Waals surface area contributed by atoms with E-state index in [1.807, 2.05) is 23.1 Å². The standard InChI is InChI=1S/C21H22N4O3/c26-20-6-2-1-5-17(20)18-12-19(24-23-18)21(27)25-10-7-16(8-11-25)28-14-15-4-3-9-22-13-15/h1-6,9,12-13,16,26H,7-8,10-11,14H2,(H,23,24). The molecular weight excluding hydrogens is 356 g/mol. The SMILES string of the molecule is O=C(c1cc(-c2ccccc2O)n[nH]1)N1CCC(OCc2cccnc2)CC1. The van der Waals surface area contributed by atoms with E-state index >= 15 is 0 Å². The first-order valence-corrected chi connectivity index (χ1v) is 9.34. The van der Waals surface area contributed by atoms with Crippen LogP contribution in [0.25, 0.3) is 11.3 Å². The molecule has 28 heavy (non-hydrogen) atoms. The number of piperidine rings is 1. The molecule has 1 saturated heterocycles. The van der Waals surface area contributed by atoms with Gasteiger partial charge in [-0.2, -0.15) is 5.10 Å². The molecule has 0 atom stereocenters.